The fraction of sp³-hybridized carbons (Fsp3) is 0.733. The van der Waals surface area contributed by atoms with Crippen LogP contribution in [0.5, 0.6) is 0 Å². The van der Waals surface area contributed by atoms with Crippen LogP contribution in [-0.2, 0) is 21.3 Å². The lowest BCUT2D eigenvalue weighted by molar-refractivity contribution is 0.0716. The van der Waals surface area contributed by atoms with Crippen molar-refractivity contribution < 1.29 is 17.6 Å². The molecule has 124 valence electrons. The number of ether oxygens (including phenoxy) is 1. The van der Waals surface area contributed by atoms with Crippen molar-refractivity contribution in [1.29, 1.82) is 0 Å². The summed E-state index contributed by atoms with van der Waals surface area (Å²) in [7, 11) is -3.16. The molecular weight excluding hydrogens is 304 g/mol. The molecule has 6 nitrogen and oxygen atoms in total. The smallest absolute Gasteiger partial charge is 0.213 e. The number of furan rings is 1. The van der Waals surface area contributed by atoms with Crippen molar-refractivity contribution in [1.82, 2.24) is 9.21 Å². The highest BCUT2D eigenvalue weighted by Gasteiger charge is 2.43. The van der Waals surface area contributed by atoms with Crippen molar-refractivity contribution in [2.24, 2.45) is 5.41 Å². The summed E-state index contributed by atoms with van der Waals surface area (Å²) < 4.78 is 37.2. The highest BCUT2D eigenvalue weighted by molar-refractivity contribution is 7.89. The van der Waals surface area contributed by atoms with Crippen molar-refractivity contribution in [3.8, 4) is 0 Å². The van der Waals surface area contributed by atoms with E-state index in [1.165, 1.54) is 0 Å². The normalized spacial score (nSPS) is 28.2. The Labute approximate surface area is 132 Å². The van der Waals surface area contributed by atoms with Crippen LogP contribution < -0.4 is 0 Å². The minimum Gasteiger partial charge on any atom is -0.468 e. The van der Waals surface area contributed by atoms with Gasteiger partial charge in [-0.1, -0.05) is 0 Å². The molecular formula is C15H24N2O4S. The second-order valence-electron chi connectivity index (χ2n) is 6.33. The lowest BCUT2D eigenvalue weighted by Crippen LogP contribution is -2.43. The van der Waals surface area contributed by atoms with E-state index in [9.17, 15) is 8.42 Å². The first-order chi connectivity index (χ1) is 10.5. The number of hydrogen-bond donors (Lipinski definition) is 0. The second-order valence-corrected chi connectivity index (χ2v) is 8.58. The van der Waals surface area contributed by atoms with E-state index < -0.39 is 10.0 Å². The van der Waals surface area contributed by atoms with Crippen LogP contribution in [0.15, 0.2) is 22.8 Å². The number of likely N-dealkylation sites (tertiary alicyclic amines) is 1. The van der Waals surface area contributed by atoms with Crippen LogP contribution in [0.1, 0.15) is 19.1 Å². The molecule has 7 heteroatoms. The molecule has 1 aromatic heterocycles. The fourth-order valence-corrected chi connectivity index (χ4v) is 4.59. The van der Waals surface area contributed by atoms with Gasteiger partial charge in [0.05, 0.1) is 31.8 Å². The first-order valence-corrected chi connectivity index (χ1v) is 9.44. The lowest BCUT2D eigenvalue weighted by Gasteiger charge is -2.31. The molecule has 0 bridgehead atoms. The highest BCUT2D eigenvalue weighted by Crippen LogP contribution is 2.35. The predicted octanol–water partition coefficient (Wildman–Crippen LogP) is 1.15. The van der Waals surface area contributed by atoms with Crippen molar-refractivity contribution in [3.63, 3.8) is 0 Å². The van der Waals surface area contributed by atoms with Crippen LogP contribution >= 0.6 is 0 Å². The summed E-state index contributed by atoms with van der Waals surface area (Å²) in [5.41, 5.74) is -0.0919. The minimum absolute atomic E-state index is 0.0919. The molecule has 0 unspecified atom stereocenters. The number of nitrogens with zero attached hydrogens (tertiary/aromatic N) is 2. The van der Waals surface area contributed by atoms with Crippen molar-refractivity contribution >= 4 is 10.0 Å². The highest BCUT2D eigenvalue weighted by atomic mass is 32.2. The summed E-state index contributed by atoms with van der Waals surface area (Å²) in [6.07, 6.45) is 2.65. The summed E-state index contributed by atoms with van der Waals surface area (Å²) in [6, 6.07) is 3.87. The Hall–Kier alpha value is -0.890. The van der Waals surface area contributed by atoms with Gasteiger partial charge in [0.25, 0.3) is 0 Å². The first-order valence-electron chi connectivity index (χ1n) is 7.83. The van der Waals surface area contributed by atoms with Gasteiger partial charge in [0, 0.05) is 25.0 Å². The van der Waals surface area contributed by atoms with E-state index >= 15 is 0 Å². The molecule has 0 saturated carbocycles. The third kappa shape index (κ3) is 3.37. The quantitative estimate of drug-likeness (QED) is 0.830. The van der Waals surface area contributed by atoms with E-state index in [2.05, 4.69) is 4.90 Å². The Balaban J connectivity index is 1.69. The molecule has 1 aromatic rings. The van der Waals surface area contributed by atoms with E-state index in [0.717, 1.165) is 31.8 Å². The molecule has 0 radical (unpaired) electrons. The summed E-state index contributed by atoms with van der Waals surface area (Å²) in [6.45, 7) is 6.43. The topological polar surface area (TPSA) is 63.0 Å². The van der Waals surface area contributed by atoms with Gasteiger partial charge in [0.15, 0.2) is 0 Å². The Morgan fingerprint density at radius 1 is 1.32 bits per heavy atom. The van der Waals surface area contributed by atoms with E-state index in [1.807, 2.05) is 12.1 Å². The Morgan fingerprint density at radius 2 is 2.18 bits per heavy atom. The second kappa shape index (κ2) is 6.31. The van der Waals surface area contributed by atoms with Gasteiger partial charge in [-0.25, -0.2) is 8.42 Å². The zero-order valence-corrected chi connectivity index (χ0v) is 13.8. The Morgan fingerprint density at radius 3 is 2.91 bits per heavy atom. The predicted molar refractivity (Wildman–Crippen MR) is 82.9 cm³/mol. The zero-order valence-electron chi connectivity index (χ0n) is 13.0. The SMILES string of the molecule is CCS(=O)(=O)N1CCOC[C@]2(CCN(Cc3ccco3)C2)C1. The molecule has 1 atom stereocenters. The maximum atomic E-state index is 12.2. The van der Waals surface area contributed by atoms with E-state index in [4.69, 9.17) is 9.15 Å². The van der Waals surface area contributed by atoms with Crippen LogP contribution in [-0.4, -0.2) is 62.8 Å². The maximum Gasteiger partial charge on any atom is 0.213 e. The minimum atomic E-state index is -3.16. The lowest BCUT2D eigenvalue weighted by atomic mass is 9.88. The first kappa shape index (κ1) is 16.0. The molecule has 0 amide bonds. The molecule has 0 N–H and O–H groups in total. The fourth-order valence-electron chi connectivity index (χ4n) is 3.41. The van der Waals surface area contributed by atoms with Crippen LogP contribution in [0.25, 0.3) is 0 Å². The number of rotatable bonds is 4. The van der Waals surface area contributed by atoms with Crippen molar-refractivity contribution in [2.45, 2.75) is 19.9 Å². The van der Waals surface area contributed by atoms with Gasteiger partial charge in [-0.3, -0.25) is 4.90 Å². The van der Waals surface area contributed by atoms with Crippen LogP contribution in [0.4, 0.5) is 0 Å². The molecule has 0 aromatic carbocycles. The van der Waals surface area contributed by atoms with Gasteiger partial charge in [-0.05, 0) is 32.0 Å². The monoisotopic (exact) mass is 328 g/mol. The molecule has 3 heterocycles. The van der Waals surface area contributed by atoms with Gasteiger partial charge in [-0.2, -0.15) is 4.31 Å². The summed E-state index contributed by atoms with van der Waals surface area (Å²) >= 11 is 0. The van der Waals surface area contributed by atoms with Gasteiger partial charge in [-0.15, -0.1) is 0 Å². The van der Waals surface area contributed by atoms with Crippen LogP contribution in [0.2, 0.25) is 0 Å². The standard InChI is InChI=1S/C15H24N2O4S/c1-2-22(18,19)17-7-9-20-13-15(12-17)5-6-16(11-15)10-14-4-3-8-21-14/h3-4,8H,2,5-7,9-13H2,1H3/t15-/m0/s1. The van der Waals surface area contributed by atoms with Gasteiger partial charge in [0.1, 0.15) is 5.76 Å². The Bertz CT molecular complexity index is 587. The molecule has 2 fully saturated rings. The average Bonchev–Trinajstić information content (AvgIpc) is 3.07. The van der Waals surface area contributed by atoms with Gasteiger partial charge < -0.3 is 9.15 Å². The Kier molecular flexibility index (Phi) is 4.59. The summed E-state index contributed by atoms with van der Waals surface area (Å²) in [5.74, 6) is 1.10. The third-order valence-corrected chi connectivity index (χ3v) is 6.47. The van der Waals surface area contributed by atoms with E-state index in [0.29, 0.717) is 26.3 Å². The van der Waals surface area contributed by atoms with Crippen LogP contribution in [0.3, 0.4) is 0 Å². The molecule has 2 aliphatic rings. The molecule has 2 saturated heterocycles. The van der Waals surface area contributed by atoms with Gasteiger partial charge >= 0.3 is 0 Å². The third-order valence-electron chi connectivity index (χ3n) is 4.64. The molecule has 3 rings (SSSR count). The zero-order chi connectivity index (χ0) is 15.6. The average molecular weight is 328 g/mol. The molecule has 0 aliphatic carbocycles. The molecule has 2 aliphatic heterocycles. The molecule has 22 heavy (non-hydrogen) atoms. The largest absolute Gasteiger partial charge is 0.468 e. The van der Waals surface area contributed by atoms with Crippen molar-refractivity contribution in [2.75, 3.05) is 45.1 Å². The van der Waals surface area contributed by atoms with Crippen molar-refractivity contribution in [3.05, 3.63) is 24.2 Å². The maximum absolute atomic E-state index is 12.2. The summed E-state index contributed by atoms with van der Waals surface area (Å²) in [4.78, 5) is 2.32. The number of sulfonamides is 1. The van der Waals surface area contributed by atoms with E-state index in [1.54, 1.807) is 17.5 Å². The van der Waals surface area contributed by atoms with Crippen LogP contribution in [0, 0.1) is 5.41 Å². The number of hydrogen-bond acceptors (Lipinski definition) is 5. The molecule has 1 spiro atoms. The van der Waals surface area contributed by atoms with E-state index in [-0.39, 0.29) is 11.2 Å². The summed E-state index contributed by atoms with van der Waals surface area (Å²) in [5, 5.41) is 0. The van der Waals surface area contributed by atoms with Gasteiger partial charge in [0.2, 0.25) is 10.0 Å².